The van der Waals surface area contributed by atoms with E-state index in [-0.39, 0.29) is 12.7 Å². The minimum atomic E-state index is -0.250. The van der Waals surface area contributed by atoms with Gasteiger partial charge < -0.3 is 15.5 Å². The summed E-state index contributed by atoms with van der Waals surface area (Å²) in [7, 11) is 0. The molecule has 0 aromatic heterocycles. The third-order valence-corrected chi connectivity index (χ3v) is 4.06. The van der Waals surface area contributed by atoms with Crippen LogP contribution in [0.1, 0.15) is 90.4 Å². The molecule has 1 unspecified atom stereocenters. The maximum Gasteiger partial charge on any atom is 0.0664 e. The molecule has 21 heavy (non-hydrogen) atoms. The number of hydrogen-bond acceptors (Lipinski definition) is 3. The largest absolute Gasteiger partial charge is 0.395 e. The fraction of sp³-hybridized carbons (Fsp3) is 1.00. The van der Waals surface area contributed by atoms with Gasteiger partial charge in [-0.1, -0.05) is 84.0 Å². The van der Waals surface area contributed by atoms with Crippen LogP contribution in [-0.2, 0) is 0 Å². The van der Waals surface area contributed by atoms with Gasteiger partial charge in [-0.3, -0.25) is 0 Å². The van der Waals surface area contributed by atoms with E-state index in [1.165, 1.54) is 70.6 Å². The number of rotatable bonds is 17. The Kier molecular flexibility index (Phi) is 17.8. The molecule has 0 heterocycles. The van der Waals surface area contributed by atoms with Crippen LogP contribution in [0, 0.1) is 0 Å². The fourth-order valence-electron chi connectivity index (χ4n) is 2.67. The van der Waals surface area contributed by atoms with Gasteiger partial charge in [0.05, 0.1) is 12.7 Å². The number of hydrogen-bond donors (Lipinski definition) is 3. The monoisotopic (exact) mass is 301 g/mol. The zero-order valence-electron chi connectivity index (χ0n) is 14.3. The van der Waals surface area contributed by atoms with Crippen molar-refractivity contribution in [1.82, 2.24) is 5.32 Å². The van der Waals surface area contributed by atoms with Crippen molar-refractivity contribution >= 4 is 0 Å². The van der Waals surface area contributed by atoms with E-state index in [0.29, 0.717) is 13.1 Å². The van der Waals surface area contributed by atoms with Crippen molar-refractivity contribution in [3.8, 4) is 0 Å². The van der Waals surface area contributed by atoms with Crippen molar-refractivity contribution in [2.24, 2.45) is 0 Å². The zero-order chi connectivity index (χ0) is 15.6. The maximum atomic E-state index is 9.69. The van der Waals surface area contributed by atoms with E-state index in [1.54, 1.807) is 0 Å². The Hall–Kier alpha value is -0.120. The van der Waals surface area contributed by atoms with Crippen molar-refractivity contribution in [2.45, 2.75) is 96.5 Å². The summed E-state index contributed by atoms with van der Waals surface area (Å²) in [5, 5.41) is 21.3. The molecule has 0 spiro atoms. The van der Waals surface area contributed by atoms with Crippen LogP contribution in [-0.4, -0.2) is 36.0 Å². The molecule has 1 atom stereocenters. The lowest BCUT2D eigenvalue weighted by Gasteiger charge is -2.10. The molecule has 0 bridgehead atoms. The minimum absolute atomic E-state index is 0.144. The van der Waals surface area contributed by atoms with Crippen LogP contribution in [0.3, 0.4) is 0 Å². The molecule has 0 saturated carbocycles. The van der Waals surface area contributed by atoms with E-state index in [2.05, 4.69) is 12.2 Å². The predicted molar refractivity (Wildman–Crippen MR) is 91.7 cm³/mol. The second-order valence-electron chi connectivity index (χ2n) is 6.26. The summed E-state index contributed by atoms with van der Waals surface area (Å²) in [5.74, 6) is 0. The normalized spacial score (nSPS) is 12.7. The molecular formula is C18H39NO2. The zero-order valence-corrected chi connectivity index (χ0v) is 14.3. The van der Waals surface area contributed by atoms with Crippen LogP contribution in [0.2, 0.25) is 0 Å². The highest BCUT2D eigenvalue weighted by atomic mass is 16.3. The lowest BCUT2D eigenvalue weighted by Crippen LogP contribution is -2.28. The Bertz CT molecular complexity index is 188. The average Bonchev–Trinajstić information content (AvgIpc) is 2.48. The molecule has 0 aromatic carbocycles. The van der Waals surface area contributed by atoms with Gasteiger partial charge in [0.1, 0.15) is 0 Å². The van der Waals surface area contributed by atoms with E-state index in [1.807, 2.05) is 0 Å². The van der Waals surface area contributed by atoms with E-state index in [0.717, 1.165) is 12.8 Å². The summed E-state index contributed by atoms with van der Waals surface area (Å²) in [6, 6.07) is 0. The Morgan fingerprint density at radius 3 is 1.71 bits per heavy atom. The summed E-state index contributed by atoms with van der Waals surface area (Å²) >= 11 is 0. The van der Waals surface area contributed by atoms with Crippen molar-refractivity contribution in [1.29, 1.82) is 0 Å². The molecule has 3 heteroatoms. The Labute approximate surface area is 132 Å². The van der Waals surface area contributed by atoms with Gasteiger partial charge in [-0.15, -0.1) is 0 Å². The smallest absolute Gasteiger partial charge is 0.0664 e. The molecule has 0 aliphatic carbocycles. The lowest BCUT2D eigenvalue weighted by atomic mass is 10.0. The first-order valence-electron chi connectivity index (χ1n) is 9.31. The van der Waals surface area contributed by atoms with E-state index >= 15 is 0 Å². The first-order valence-corrected chi connectivity index (χ1v) is 9.31. The minimum Gasteiger partial charge on any atom is -0.395 e. The van der Waals surface area contributed by atoms with Crippen LogP contribution in [0.25, 0.3) is 0 Å². The third kappa shape index (κ3) is 17.8. The highest BCUT2D eigenvalue weighted by Crippen LogP contribution is 2.12. The van der Waals surface area contributed by atoms with Gasteiger partial charge in [0.15, 0.2) is 0 Å². The predicted octanol–water partition coefficient (Wildman–Crippen LogP) is 4.02. The molecule has 3 nitrogen and oxygen atoms in total. The van der Waals surface area contributed by atoms with Crippen molar-refractivity contribution in [2.75, 3.05) is 19.7 Å². The first kappa shape index (κ1) is 20.9. The molecule has 0 fully saturated rings. The standard InChI is InChI=1S/C18H39NO2/c1-2-3-4-5-6-7-8-9-10-11-12-13-14-18(21)17-19-15-16-20/h18-21H,2-17H2,1H3. The molecular weight excluding hydrogens is 262 g/mol. The second-order valence-corrected chi connectivity index (χ2v) is 6.26. The van der Waals surface area contributed by atoms with Crippen LogP contribution < -0.4 is 5.32 Å². The summed E-state index contributed by atoms with van der Waals surface area (Å²) in [5.41, 5.74) is 0. The highest BCUT2D eigenvalue weighted by Gasteiger charge is 2.02. The van der Waals surface area contributed by atoms with Gasteiger partial charge >= 0.3 is 0 Å². The number of aliphatic hydroxyl groups excluding tert-OH is 2. The van der Waals surface area contributed by atoms with Gasteiger partial charge in [0, 0.05) is 13.1 Å². The molecule has 0 radical (unpaired) electrons. The fourth-order valence-corrected chi connectivity index (χ4v) is 2.67. The lowest BCUT2D eigenvalue weighted by molar-refractivity contribution is 0.155. The molecule has 0 saturated heterocycles. The molecule has 0 aliphatic heterocycles. The number of aliphatic hydroxyl groups is 2. The van der Waals surface area contributed by atoms with E-state index < -0.39 is 0 Å². The van der Waals surface area contributed by atoms with Crippen LogP contribution in [0.4, 0.5) is 0 Å². The third-order valence-electron chi connectivity index (χ3n) is 4.06. The molecule has 0 rings (SSSR count). The summed E-state index contributed by atoms with van der Waals surface area (Å²) in [6.07, 6.45) is 16.9. The van der Waals surface area contributed by atoms with E-state index in [9.17, 15) is 5.11 Å². The topological polar surface area (TPSA) is 52.5 Å². The molecule has 0 aliphatic rings. The summed E-state index contributed by atoms with van der Waals surface area (Å²) < 4.78 is 0. The van der Waals surface area contributed by atoms with Gasteiger partial charge in [0.2, 0.25) is 0 Å². The molecule has 0 aromatic rings. The summed E-state index contributed by atoms with van der Waals surface area (Å²) in [4.78, 5) is 0. The van der Waals surface area contributed by atoms with Gasteiger partial charge in [-0.05, 0) is 6.42 Å². The molecule has 0 amide bonds. The Morgan fingerprint density at radius 1 is 0.762 bits per heavy atom. The number of nitrogens with one attached hydrogen (secondary N) is 1. The Balaban J connectivity index is 3.05. The van der Waals surface area contributed by atoms with Crippen molar-refractivity contribution in [3.05, 3.63) is 0 Å². The maximum absolute atomic E-state index is 9.69. The van der Waals surface area contributed by atoms with Crippen molar-refractivity contribution in [3.63, 3.8) is 0 Å². The van der Waals surface area contributed by atoms with E-state index in [4.69, 9.17) is 5.11 Å². The second kappa shape index (κ2) is 17.9. The van der Waals surface area contributed by atoms with Gasteiger partial charge in [-0.25, -0.2) is 0 Å². The van der Waals surface area contributed by atoms with Gasteiger partial charge in [0.25, 0.3) is 0 Å². The first-order chi connectivity index (χ1) is 10.3. The SMILES string of the molecule is CCCCCCCCCCCCCCC(O)CNCCO. The quantitative estimate of drug-likeness (QED) is 0.356. The van der Waals surface area contributed by atoms with Crippen LogP contribution >= 0.6 is 0 Å². The van der Waals surface area contributed by atoms with Crippen molar-refractivity contribution < 1.29 is 10.2 Å². The molecule has 3 N–H and O–H groups in total. The highest BCUT2D eigenvalue weighted by molar-refractivity contribution is 4.59. The number of unbranched alkanes of at least 4 members (excludes halogenated alkanes) is 11. The average molecular weight is 302 g/mol. The van der Waals surface area contributed by atoms with Gasteiger partial charge in [-0.2, -0.15) is 0 Å². The molecule has 128 valence electrons. The summed E-state index contributed by atoms with van der Waals surface area (Å²) in [6.45, 7) is 3.60. The Morgan fingerprint density at radius 2 is 1.24 bits per heavy atom. The van der Waals surface area contributed by atoms with Crippen LogP contribution in [0.5, 0.6) is 0 Å². The van der Waals surface area contributed by atoms with Crippen LogP contribution in [0.15, 0.2) is 0 Å².